The fraction of sp³-hybridized carbons (Fsp3) is 0.200. The highest BCUT2D eigenvalue weighted by atomic mass is 35.5. The number of hydrogen-bond donors (Lipinski definition) is 0. The van der Waals surface area contributed by atoms with E-state index in [2.05, 4.69) is 4.98 Å². The van der Waals surface area contributed by atoms with Gasteiger partial charge in [-0.1, -0.05) is 29.3 Å². The molecule has 108 valence electrons. The summed E-state index contributed by atoms with van der Waals surface area (Å²) in [5.74, 6) is 0.875. The highest BCUT2D eigenvalue weighted by Gasteiger charge is 2.31. The van der Waals surface area contributed by atoms with Gasteiger partial charge in [0.15, 0.2) is 0 Å². The van der Waals surface area contributed by atoms with Crippen molar-refractivity contribution in [1.29, 1.82) is 0 Å². The first-order chi connectivity index (χ1) is 10.2. The Hall–Kier alpha value is -1.23. The van der Waals surface area contributed by atoms with Crippen molar-refractivity contribution < 1.29 is 4.79 Å². The predicted molar refractivity (Wildman–Crippen MR) is 86.9 cm³/mol. The molecule has 3 nitrogen and oxygen atoms in total. The number of hydrogen-bond acceptors (Lipinski definition) is 3. The summed E-state index contributed by atoms with van der Waals surface area (Å²) in [6, 6.07) is 8.86. The van der Waals surface area contributed by atoms with Crippen LogP contribution < -0.4 is 0 Å². The van der Waals surface area contributed by atoms with E-state index in [1.54, 1.807) is 42.4 Å². The van der Waals surface area contributed by atoms with Gasteiger partial charge in [-0.05, 0) is 24.3 Å². The van der Waals surface area contributed by atoms with E-state index in [1.165, 1.54) is 0 Å². The van der Waals surface area contributed by atoms with Crippen LogP contribution in [0.15, 0.2) is 42.7 Å². The fourth-order valence-electron chi connectivity index (χ4n) is 2.27. The first-order valence-corrected chi connectivity index (χ1v) is 8.25. The molecular weight excluding hydrogens is 327 g/mol. The minimum atomic E-state index is -0.0348. The Kier molecular flexibility index (Phi) is 4.38. The number of thioether (sulfide) groups is 1. The molecule has 1 aliphatic heterocycles. The number of amides is 1. The number of carbonyl (C=O) groups excluding carboxylic acids is 1. The van der Waals surface area contributed by atoms with Gasteiger partial charge in [0.2, 0.25) is 0 Å². The number of halogens is 2. The van der Waals surface area contributed by atoms with Crippen LogP contribution >= 0.6 is 35.0 Å². The lowest BCUT2D eigenvalue weighted by Crippen LogP contribution is -2.30. The topological polar surface area (TPSA) is 33.2 Å². The van der Waals surface area contributed by atoms with Crippen molar-refractivity contribution in [3.05, 3.63) is 63.9 Å². The summed E-state index contributed by atoms with van der Waals surface area (Å²) in [7, 11) is 0. The zero-order valence-electron chi connectivity index (χ0n) is 11.0. The molecule has 0 bridgehead atoms. The summed E-state index contributed by atoms with van der Waals surface area (Å²) >= 11 is 13.6. The van der Waals surface area contributed by atoms with E-state index in [9.17, 15) is 4.79 Å². The molecule has 0 radical (unpaired) electrons. The van der Waals surface area contributed by atoms with Gasteiger partial charge in [0.1, 0.15) is 5.37 Å². The first kappa shape index (κ1) is 14.7. The summed E-state index contributed by atoms with van der Waals surface area (Å²) in [6.07, 6.45) is 3.53. The third-order valence-electron chi connectivity index (χ3n) is 3.29. The third-order valence-corrected chi connectivity index (χ3v) is 5.29. The summed E-state index contributed by atoms with van der Waals surface area (Å²) in [5.41, 5.74) is 1.59. The molecule has 0 spiro atoms. The maximum absolute atomic E-state index is 12.7. The Balaban J connectivity index is 1.88. The summed E-state index contributed by atoms with van der Waals surface area (Å²) in [6.45, 7) is 0.712. The van der Waals surface area contributed by atoms with Crippen LogP contribution in [0.1, 0.15) is 21.3 Å². The van der Waals surface area contributed by atoms with Gasteiger partial charge >= 0.3 is 0 Å². The zero-order chi connectivity index (χ0) is 14.8. The molecule has 1 unspecified atom stereocenters. The third kappa shape index (κ3) is 3.03. The number of pyridine rings is 1. The monoisotopic (exact) mass is 338 g/mol. The van der Waals surface area contributed by atoms with Gasteiger partial charge in [-0.2, -0.15) is 0 Å². The molecule has 21 heavy (non-hydrogen) atoms. The Labute approximate surface area is 137 Å². The van der Waals surface area contributed by atoms with E-state index < -0.39 is 0 Å². The van der Waals surface area contributed by atoms with Gasteiger partial charge in [-0.25, -0.2) is 0 Å². The second kappa shape index (κ2) is 6.26. The van der Waals surface area contributed by atoms with Crippen LogP contribution in [0, 0.1) is 0 Å². The van der Waals surface area contributed by atoms with Crippen LogP contribution in [-0.4, -0.2) is 28.1 Å². The molecule has 1 aromatic heterocycles. The quantitative estimate of drug-likeness (QED) is 0.819. The number of carbonyl (C=O) groups is 1. The van der Waals surface area contributed by atoms with E-state index in [0.717, 1.165) is 11.3 Å². The molecular formula is C15H12Cl2N2OS. The van der Waals surface area contributed by atoms with Crippen molar-refractivity contribution >= 4 is 40.9 Å². The molecule has 0 N–H and O–H groups in total. The van der Waals surface area contributed by atoms with Gasteiger partial charge < -0.3 is 4.90 Å². The maximum atomic E-state index is 12.7. The predicted octanol–water partition coefficient (Wildman–Crippen LogP) is 4.28. The van der Waals surface area contributed by atoms with Gasteiger partial charge in [0, 0.05) is 35.8 Å². The molecule has 1 atom stereocenters. The Morgan fingerprint density at radius 2 is 2.14 bits per heavy atom. The highest BCUT2D eigenvalue weighted by molar-refractivity contribution is 7.99. The Morgan fingerprint density at radius 1 is 1.29 bits per heavy atom. The average molecular weight is 339 g/mol. The molecule has 1 aliphatic rings. The van der Waals surface area contributed by atoms with E-state index in [0.29, 0.717) is 22.2 Å². The molecule has 2 heterocycles. The number of benzene rings is 1. The maximum Gasteiger partial charge on any atom is 0.255 e. The summed E-state index contributed by atoms with van der Waals surface area (Å²) in [4.78, 5) is 18.7. The minimum absolute atomic E-state index is 0.000605. The molecule has 2 aromatic rings. The molecule has 1 fully saturated rings. The van der Waals surface area contributed by atoms with Gasteiger partial charge in [-0.3, -0.25) is 9.78 Å². The van der Waals surface area contributed by atoms with Crippen molar-refractivity contribution in [2.75, 3.05) is 12.3 Å². The van der Waals surface area contributed by atoms with Crippen LogP contribution in [0.3, 0.4) is 0 Å². The highest BCUT2D eigenvalue weighted by Crippen LogP contribution is 2.38. The normalized spacial score (nSPS) is 18.0. The fourth-order valence-corrected chi connectivity index (χ4v) is 3.81. The van der Waals surface area contributed by atoms with Crippen molar-refractivity contribution in [2.24, 2.45) is 0 Å². The first-order valence-electron chi connectivity index (χ1n) is 6.44. The Morgan fingerprint density at radius 3 is 2.86 bits per heavy atom. The van der Waals surface area contributed by atoms with Crippen LogP contribution in [-0.2, 0) is 0 Å². The molecule has 6 heteroatoms. The lowest BCUT2D eigenvalue weighted by Gasteiger charge is -2.24. The van der Waals surface area contributed by atoms with E-state index >= 15 is 0 Å². The van der Waals surface area contributed by atoms with Crippen molar-refractivity contribution in [2.45, 2.75) is 5.37 Å². The SMILES string of the molecule is O=C(c1ccc(Cl)c(Cl)c1)N1CCSC1c1cccnc1. The minimum Gasteiger partial charge on any atom is -0.322 e. The molecule has 3 rings (SSSR count). The molecule has 0 saturated carbocycles. The number of nitrogens with zero attached hydrogens (tertiary/aromatic N) is 2. The van der Waals surface area contributed by atoms with Crippen molar-refractivity contribution in [3.63, 3.8) is 0 Å². The van der Waals surface area contributed by atoms with E-state index in [4.69, 9.17) is 23.2 Å². The summed E-state index contributed by atoms with van der Waals surface area (Å²) < 4.78 is 0. The largest absolute Gasteiger partial charge is 0.322 e. The average Bonchev–Trinajstić information content (AvgIpc) is 2.99. The molecule has 1 aromatic carbocycles. The van der Waals surface area contributed by atoms with Crippen molar-refractivity contribution in [1.82, 2.24) is 9.88 Å². The zero-order valence-corrected chi connectivity index (χ0v) is 13.3. The number of aromatic nitrogens is 1. The molecule has 0 aliphatic carbocycles. The number of rotatable bonds is 2. The van der Waals surface area contributed by atoms with Crippen LogP contribution in [0.2, 0.25) is 10.0 Å². The Bertz CT molecular complexity index is 666. The second-order valence-electron chi connectivity index (χ2n) is 4.64. The lowest BCUT2D eigenvalue weighted by atomic mass is 10.1. The smallest absolute Gasteiger partial charge is 0.255 e. The standard InChI is InChI=1S/C15H12Cl2N2OS/c16-12-4-3-10(8-13(12)17)14(20)19-6-7-21-15(19)11-2-1-5-18-9-11/h1-5,8-9,15H,6-7H2. The van der Waals surface area contributed by atoms with Gasteiger partial charge in [0.05, 0.1) is 10.0 Å². The van der Waals surface area contributed by atoms with Crippen LogP contribution in [0.25, 0.3) is 0 Å². The van der Waals surface area contributed by atoms with Crippen LogP contribution in [0.4, 0.5) is 0 Å². The lowest BCUT2D eigenvalue weighted by molar-refractivity contribution is 0.0760. The second-order valence-corrected chi connectivity index (χ2v) is 6.64. The van der Waals surface area contributed by atoms with Crippen molar-refractivity contribution in [3.8, 4) is 0 Å². The van der Waals surface area contributed by atoms with E-state index in [1.807, 2.05) is 17.0 Å². The summed E-state index contributed by atoms with van der Waals surface area (Å²) in [5, 5.41) is 0.848. The van der Waals surface area contributed by atoms with Gasteiger partial charge in [0.25, 0.3) is 5.91 Å². The van der Waals surface area contributed by atoms with E-state index in [-0.39, 0.29) is 11.3 Å². The molecule has 1 saturated heterocycles. The molecule has 1 amide bonds. The van der Waals surface area contributed by atoms with Gasteiger partial charge in [-0.15, -0.1) is 11.8 Å². The van der Waals surface area contributed by atoms with Crippen LogP contribution in [0.5, 0.6) is 0 Å².